The van der Waals surface area contributed by atoms with Crippen LogP contribution >= 0.6 is 0 Å². The minimum atomic E-state index is -0.0489. The summed E-state index contributed by atoms with van der Waals surface area (Å²) in [5.41, 5.74) is 0. The molecule has 0 amide bonds. The first-order valence-electron chi connectivity index (χ1n) is 7.92. The Bertz CT molecular complexity index is 192. The molecule has 1 N–H and O–H groups in total. The maximum absolute atomic E-state index is 9.76. The topological polar surface area (TPSA) is 20.2 Å². The number of unbranched alkanes of at least 4 members (excludes halogenated alkanes) is 9. The highest BCUT2D eigenvalue weighted by molar-refractivity contribution is 4.82. The number of aliphatic hydroxyl groups excluding tert-OH is 1. The van der Waals surface area contributed by atoms with Crippen LogP contribution in [0.3, 0.4) is 0 Å². The molecule has 106 valence electrons. The van der Waals surface area contributed by atoms with Gasteiger partial charge in [-0.1, -0.05) is 64.7 Å². The Morgan fingerprint density at radius 3 is 1.89 bits per heavy atom. The highest BCUT2D eigenvalue weighted by Crippen LogP contribution is 2.13. The van der Waals surface area contributed by atoms with E-state index in [4.69, 9.17) is 6.42 Å². The Labute approximate surface area is 114 Å². The molecular weight excluding hydrogens is 220 g/mol. The van der Waals surface area contributed by atoms with Crippen molar-refractivity contribution >= 4 is 0 Å². The fraction of sp³-hybridized carbons (Fsp3) is 0.882. The summed E-state index contributed by atoms with van der Waals surface area (Å²) in [6.45, 7) is 2.20. The molecule has 0 spiro atoms. The third-order valence-electron chi connectivity index (χ3n) is 3.50. The zero-order chi connectivity index (χ0) is 13.5. The van der Waals surface area contributed by atoms with Gasteiger partial charge in [0.2, 0.25) is 0 Å². The average Bonchev–Trinajstić information content (AvgIpc) is 2.37. The van der Waals surface area contributed by atoms with Gasteiger partial charge < -0.3 is 5.11 Å². The number of hydrogen-bond acceptors (Lipinski definition) is 1. The summed E-state index contributed by atoms with van der Waals surface area (Å²) in [6.07, 6.45) is 20.7. The van der Waals surface area contributed by atoms with Crippen LogP contribution in [0.1, 0.15) is 90.4 Å². The molecule has 18 heavy (non-hydrogen) atoms. The lowest BCUT2D eigenvalue weighted by Gasteiger charge is -2.09. The van der Waals surface area contributed by atoms with Crippen molar-refractivity contribution in [3.05, 3.63) is 0 Å². The molecule has 0 aromatic rings. The maximum atomic E-state index is 9.76. The van der Waals surface area contributed by atoms with E-state index in [2.05, 4.69) is 12.8 Å². The van der Waals surface area contributed by atoms with Crippen LogP contribution < -0.4 is 0 Å². The molecule has 1 atom stereocenters. The standard InChI is InChI=1S/C17H32O/c1-3-5-7-8-9-10-11-12-14-16-17(18)15-13-6-4-2/h1,17-18H,4-16H2,2H3/t17-/m0/s1. The Hall–Kier alpha value is -0.480. The molecule has 0 aromatic carbocycles. The molecule has 0 rings (SSSR count). The van der Waals surface area contributed by atoms with E-state index in [-0.39, 0.29) is 6.10 Å². The van der Waals surface area contributed by atoms with Crippen LogP contribution in [0.2, 0.25) is 0 Å². The van der Waals surface area contributed by atoms with Gasteiger partial charge in [-0.2, -0.15) is 0 Å². The van der Waals surface area contributed by atoms with Crippen LogP contribution in [-0.4, -0.2) is 11.2 Å². The summed E-state index contributed by atoms with van der Waals surface area (Å²) < 4.78 is 0. The van der Waals surface area contributed by atoms with Crippen molar-refractivity contribution in [3.63, 3.8) is 0 Å². The summed E-state index contributed by atoms with van der Waals surface area (Å²) >= 11 is 0. The van der Waals surface area contributed by atoms with Gasteiger partial charge in [0, 0.05) is 6.42 Å². The monoisotopic (exact) mass is 252 g/mol. The van der Waals surface area contributed by atoms with Crippen molar-refractivity contribution in [2.24, 2.45) is 0 Å². The molecule has 1 nitrogen and oxygen atoms in total. The van der Waals surface area contributed by atoms with E-state index in [1.807, 2.05) is 0 Å². The molecule has 1 heteroatoms. The quantitative estimate of drug-likeness (QED) is 0.358. The first-order valence-corrected chi connectivity index (χ1v) is 7.92. The van der Waals surface area contributed by atoms with Crippen LogP contribution in [0.4, 0.5) is 0 Å². The van der Waals surface area contributed by atoms with E-state index in [0.29, 0.717) is 0 Å². The van der Waals surface area contributed by atoms with E-state index in [0.717, 1.165) is 19.3 Å². The molecule has 0 fully saturated rings. The van der Waals surface area contributed by atoms with E-state index in [1.165, 1.54) is 64.2 Å². The van der Waals surface area contributed by atoms with Gasteiger partial charge in [-0.3, -0.25) is 0 Å². The van der Waals surface area contributed by atoms with Crippen molar-refractivity contribution in [2.75, 3.05) is 0 Å². The van der Waals surface area contributed by atoms with E-state index < -0.39 is 0 Å². The second kappa shape index (κ2) is 14.6. The molecule has 0 saturated heterocycles. The van der Waals surface area contributed by atoms with Gasteiger partial charge in [-0.05, 0) is 19.3 Å². The summed E-state index contributed by atoms with van der Waals surface area (Å²) in [7, 11) is 0. The lowest BCUT2D eigenvalue weighted by atomic mass is 10.0. The Kier molecular flexibility index (Phi) is 14.2. The van der Waals surface area contributed by atoms with Gasteiger partial charge in [0.15, 0.2) is 0 Å². The molecule has 0 heterocycles. The van der Waals surface area contributed by atoms with Crippen molar-refractivity contribution in [2.45, 2.75) is 96.5 Å². The molecule has 0 radical (unpaired) electrons. The van der Waals surface area contributed by atoms with E-state index in [1.54, 1.807) is 0 Å². The zero-order valence-corrected chi connectivity index (χ0v) is 12.3. The highest BCUT2D eigenvalue weighted by atomic mass is 16.3. The fourth-order valence-corrected chi connectivity index (χ4v) is 2.27. The van der Waals surface area contributed by atoms with Gasteiger partial charge >= 0.3 is 0 Å². The number of terminal acetylenes is 1. The van der Waals surface area contributed by atoms with Crippen LogP contribution in [0.5, 0.6) is 0 Å². The normalized spacial score (nSPS) is 12.3. The molecular formula is C17H32O. The van der Waals surface area contributed by atoms with E-state index >= 15 is 0 Å². The first-order chi connectivity index (χ1) is 8.81. The van der Waals surface area contributed by atoms with E-state index in [9.17, 15) is 5.11 Å². The van der Waals surface area contributed by atoms with Gasteiger partial charge in [-0.15, -0.1) is 12.3 Å². The van der Waals surface area contributed by atoms with Crippen LogP contribution in [0, 0.1) is 12.3 Å². The first kappa shape index (κ1) is 17.5. The van der Waals surface area contributed by atoms with Crippen molar-refractivity contribution in [1.29, 1.82) is 0 Å². The Morgan fingerprint density at radius 2 is 1.33 bits per heavy atom. The second-order valence-electron chi connectivity index (χ2n) is 5.37. The number of aliphatic hydroxyl groups is 1. The van der Waals surface area contributed by atoms with Gasteiger partial charge in [0.05, 0.1) is 6.10 Å². The van der Waals surface area contributed by atoms with Crippen molar-refractivity contribution in [3.8, 4) is 12.3 Å². The SMILES string of the molecule is C#CCCCCCCCCC[C@@H](O)CCCCC. The van der Waals surface area contributed by atoms with Crippen LogP contribution in [0.25, 0.3) is 0 Å². The molecule has 0 saturated carbocycles. The molecule has 0 aliphatic carbocycles. The second-order valence-corrected chi connectivity index (χ2v) is 5.37. The highest BCUT2D eigenvalue weighted by Gasteiger charge is 2.02. The average molecular weight is 252 g/mol. The predicted octanol–water partition coefficient (Wildman–Crippen LogP) is 5.07. The molecule has 0 aliphatic heterocycles. The summed E-state index contributed by atoms with van der Waals surface area (Å²) in [4.78, 5) is 0. The largest absolute Gasteiger partial charge is 0.393 e. The minimum absolute atomic E-state index is 0.0489. The Morgan fingerprint density at radius 1 is 0.833 bits per heavy atom. The van der Waals surface area contributed by atoms with Crippen molar-refractivity contribution < 1.29 is 5.11 Å². The summed E-state index contributed by atoms with van der Waals surface area (Å²) in [6, 6.07) is 0. The maximum Gasteiger partial charge on any atom is 0.0540 e. The number of rotatable bonds is 13. The summed E-state index contributed by atoms with van der Waals surface area (Å²) in [5, 5.41) is 9.76. The fourth-order valence-electron chi connectivity index (χ4n) is 2.27. The van der Waals surface area contributed by atoms with Crippen molar-refractivity contribution in [1.82, 2.24) is 0 Å². The van der Waals surface area contributed by atoms with Gasteiger partial charge in [0.1, 0.15) is 0 Å². The third kappa shape index (κ3) is 13.6. The van der Waals surface area contributed by atoms with Crippen LogP contribution in [0.15, 0.2) is 0 Å². The number of hydrogen-bond donors (Lipinski definition) is 1. The van der Waals surface area contributed by atoms with Crippen LogP contribution in [-0.2, 0) is 0 Å². The minimum Gasteiger partial charge on any atom is -0.393 e. The predicted molar refractivity (Wildman–Crippen MR) is 80.5 cm³/mol. The van der Waals surface area contributed by atoms with Gasteiger partial charge in [-0.25, -0.2) is 0 Å². The summed E-state index contributed by atoms with van der Waals surface area (Å²) in [5.74, 6) is 2.68. The zero-order valence-electron chi connectivity index (χ0n) is 12.3. The molecule has 0 bridgehead atoms. The molecule has 0 aliphatic rings. The lowest BCUT2D eigenvalue weighted by molar-refractivity contribution is 0.147. The third-order valence-corrected chi connectivity index (χ3v) is 3.50. The lowest BCUT2D eigenvalue weighted by Crippen LogP contribution is -2.05. The van der Waals surface area contributed by atoms with Gasteiger partial charge in [0.25, 0.3) is 0 Å². The molecule has 0 aromatic heterocycles. The Balaban J connectivity index is 3.08. The smallest absolute Gasteiger partial charge is 0.0540 e. The molecule has 0 unspecified atom stereocenters.